The van der Waals surface area contributed by atoms with E-state index < -0.39 is 0 Å². The van der Waals surface area contributed by atoms with Gasteiger partial charge in [0, 0.05) is 17.3 Å². The Labute approximate surface area is 104 Å². The first kappa shape index (κ1) is 10.3. The molecule has 2 nitrogen and oxygen atoms in total. The molecule has 0 saturated heterocycles. The predicted molar refractivity (Wildman–Crippen MR) is 73.2 cm³/mol. The first-order chi connectivity index (χ1) is 8.31. The van der Waals surface area contributed by atoms with Gasteiger partial charge in [-0.3, -0.25) is 0 Å². The normalized spacial score (nSPS) is 11.6. The summed E-state index contributed by atoms with van der Waals surface area (Å²) in [6.45, 7) is 2.08. The predicted octanol–water partition coefficient (Wildman–Crippen LogP) is 3.87. The molecular formula is C14H12N2S. The van der Waals surface area contributed by atoms with Gasteiger partial charge in [-0.2, -0.15) is 0 Å². The van der Waals surface area contributed by atoms with Crippen molar-refractivity contribution < 1.29 is 0 Å². The van der Waals surface area contributed by atoms with Gasteiger partial charge in [-0.15, -0.1) is 11.3 Å². The highest BCUT2D eigenvalue weighted by molar-refractivity contribution is 7.10. The number of hydrogen-bond donors (Lipinski definition) is 0. The molecule has 0 unspecified atom stereocenters. The largest absolute Gasteiger partial charge is 0.306 e. The molecule has 3 rings (SSSR count). The second-order valence-corrected chi connectivity index (χ2v) is 4.97. The number of imidazole rings is 1. The van der Waals surface area contributed by atoms with Crippen LogP contribution in [0.2, 0.25) is 0 Å². The molecule has 17 heavy (non-hydrogen) atoms. The monoisotopic (exact) mass is 240 g/mol. The summed E-state index contributed by atoms with van der Waals surface area (Å²) in [4.78, 5) is 5.78. The Kier molecular flexibility index (Phi) is 2.53. The van der Waals surface area contributed by atoms with Crippen molar-refractivity contribution in [2.45, 2.75) is 6.92 Å². The molecule has 0 aliphatic rings. The fraction of sp³-hybridized carbons (Fsp3) is 0.0714. The van der Waals surface area contributed by atoms with E-state index >= 15 is 0 Å². The van der Waals surface area contributed by atoms with Gasteiger partial charge in [0.2, 0.25) is 0 Å². The SMILES string of the molecule is Cc1ccc2nc(/C=C/c3cccs3)cn2c1. The lowest BCUT2D eigenvalue weighted by Crippen LogP contribution is -1.82. The van der Waals surface area contributed by atoms with Crippen molar-refractivity contribution in [1.82, 2.24) is 9.38 Å². The van der Waals surface area contributed by atoms with Crippen LogP contribution in [0.3, 0.4) is 0 Å². The van der Waals surface area contributed by atoms with Crippen molar-refractivity contribution >= 4 is 29.1 Å². The van der Waals surface area contributed by atoms with Crippen LogP contribution in [0.4, 0.5) is 0 Å². The maximum atomic E-state index is 4.53. The van der Waals surface area contributed by atoms with E-state index in [-0.39, 0.29) is 0 Å². The third-order valence-electron chi connectivity index (χ3n) is 2.58. The lowest BCUT2D eigenvalue weighted by atomic mass is 10.3. The Bertz CT molecular complexity index is 663. The van der Waals surface area contributed by atoms with Crippen LogP contribution in [0.1, 0.15) is 16.1 Å². The summed E-state index contributed by atoms with van der Waals surface area (Å²) in [7, 11) is 0. The van der Waals surface area contributed by atoms with Crippen LogP contribution < -0.4 is 0 Å². The molecule has 0 saturated carbocycles. The highest BCUT2D eigenvalue weighted by Gasteiger charge is 1.98. The van der Waals surface area contributed by atoms with Gasteiger partial charge in [0.1, 0.15) is 5.65 Å². The summed E-state index contributed by atoms with van der Waals surface area (Å²) >= 11 is 1.73. The lowest BCUT2D eigenvalue weighted by Gasteiger charge is -1.92. The molecule has 0 spiro atoms. The number of aromatic nitrogens is 2. The van der Waals surface area contributed by atoms with Crippen LogP contribution in [0.5, 0.6) is 0 Å². The number of rotatable bonds is 2. The number of aryl methyl sites for hydroxylation is 1. The minimum absolute atomic E-state index is 0.987. The Balaban J connectivity index is 1.96. The van der Waals surface area contributed by atoms with Crippen LogP contribution >= 0.6 is 11.3 Å². The minimum atomic E-state index is 0.987. The standard InChI is InChI=1S/C14H12N2S/c1-11-4-7-14-15-12(10-16(14)9-11)5-6-13-3-2-8-17-13/h2-10H,1H3/b6-5+. The number of fused-ring (bicyclic) bond motifs is 1. The second kappa shape index (κ2) is 4.18. The summed E-state index contributed by atoms with van der Waals surface area (Å²) in [5.74, 6) is 0. The molecule has 0 aliphatic heterocycles. The van der Waals surface area contributed by atoms with Crippen LogP contribution in [0.25, 0.3) is 17.8 Å². The van der Waals surface area contributed by atoms with E-state index in [0.717, 1.165) is 11.3 Å². The van der Waals surface area contributed by atoms with Crippen molar-refractivity contribution in [2.24, 2.45) is 0 Å². The fourth-order valence-electron chi connectivity index (χ4n) is 1.76. The summed E-state index contributed by atoms with van der Waals surface area (Å²) in [5.41, 5.74) is 3.22. The van der Waals surface area contributed by atoms with Gasteiger partial charge in [0.15, 0.2) is 0 Å². The zero-order chi connectivity index (χ0) is 11.7. The molecule has 84 valence electrons. The van der Waals surface area contributed by atoms with E-state index in [2.05, 4.69) is 52.2 Å². The van der Waals surface area contributed by atoms with Gasteiger partial charge < -0.3 is 4.40 Å². The molecule has 3 aromatic heterocycles. The first-order valence-electron chi connectivity index (χ1n) is 5.48. The maximum absolute atomic E-state index is 4.53. The van der Waals surface area contributed by atoms with Gasteiger partial charge in [0.25, 0.3) is 0 Å². The molecule has 0 N–H and O–H groups in total. The number of thiophene rings is 1. The molecule has 3 aromatic rings. The van der Waals surface area contributed by atoms with Crippen molar-refractivity contribution in [3.05, 3.63) is 58.2 Å². The molecule has 0 bridgehead atoms. The van der Waals surface area contributed by atoms with Crippen LogP contribution in [-0.2, 0) is 0 Å². The summed E-state index contributed by atoms with van der Waals surface area (Å²) in [6.07, 6.45) is 8.28. The van der Waals surface area contributed by atoms with E-state index in [9.17, 15) is 0 Å². The molecule has 3 heteroatoms. The van der Waals surface area contributed by atoms with Crippen LogP contribution in [0.15, 0.2) is 42.0 Å². The quantitative estimate of drug-likeness (QED) is 0.664. The number of nitrogens with zero attached hydrogens (tertiary/aromatic N) is 2. The fourth-order valence-corrected chi connectivity index (χ4v) is 2.37. The highest BCUT2D eigenvalue weighted by atomic mass is 32.1. The van der Waals surface area contributed by atoms with E-state index in [0.29, 0.717) is 0 Å². The van der Waals surface area contributed by atoms with Crippen LogP contribution in [-0.4, -0.2) is 9.38 Å². The van der Waals surface area contributed by atoms with Gasteiger partial charge in [-0.05, 0) is 42.2 Å². The second-order valence-electron chi connectivity index (χ2n) is 3.99. The Hall–Kier alpha value is -1.87. The first-order valence-corrected chi connectivity index (χ1v) is 6.36. The Morgan fingerprint density at radius 3 is 2.94 bits per heavy atom. The van der Waals surface area contributed by atoms with Crippen molar-refractivity contribution in [3.63, 3.8) is 0 Å². The zero-order valence-corrected chi connectivity index (χ0v) is 10.3. The minimum Gasteiger partial charge on any atom is -0.306 e. The molecule has 0 aliphatic carbocycles. The summed E-state index contributed by atoms with van der Waals surface area (Å²) in [5, 5.41) is 2.08. The average Bonchev–Trinajstić information content (AvgIpc) is 2.94. The smallest absolute Gasteiger partial charge is 0.137 e. The third kappa shape index (κ3) is 2.15. The van der Waals surface area contributed by atoms with Gasteiger partial charge in [-0.1, -0.05) is 12.1 Å². The Morgan fingerprint density at radius 2 is 2.12 bits per heavy atom. The topological polar surface area (TPSA) is 17.3 Å². The van der Waals surface area contributed by atoms with Crippen LogP contribution in [0, 0.1) is 6.92 Å². The molecule has 0 amide bonds. The van der Waals surface area contributed by atoms with Gasteiger partial charge in [0.05, 0.1) is 5.69 Å². The third-order valence-corrected chi connectivity index (χ3v) is 3.42. The highest BCUT2D eigenvalue weighted by Crippen LogP contribution is 2.14. The van der Waals surface area contributed by atoms with E-state index in [1.807, 2.05) is 18.3 Å². The van der Waals surface area contributed by atoms with Crippen molar-refractivity contribution in [3.8, 4) is 0 Å². The van der Waals surface area contributed by atoms with E-state index in [4.69, 9.17) is 0 Å². The number of pyridine rings is 1. The Morgan fingerprint density at radius 1 is 1.18 bits per heavy atom. The molecule has 0 atom stereocenters. The number of hydrogen-bond acceptors (Lipinski definition) is 2. The summed E-state index contributed by atoms with van der Waals surface area (Å²) in [6, 6.07) is 8.27. The van der Waals surface area contributed by atoms with Crippen molar-refractivity contribution in [2.75, 3.05) is 0 Å². The molecule has 3 heterocycles. The molecule has 0 radical (unpaired) electrons. The van der Waals surface area contributed by atoms with E-state index in [1.165, 1.54) is 10.4 Å². The lowest BCUT2D eigenvalue weighted by molar-refractivity contribution is 1.16. The maximum Gasteiger partial charge on any atom is 0.137 e. The summed E-state index contributed by atoms with van der Waals surface area (Å²) < 4.78 is 2.06. The molecule has 0 fully saturated rings. The average molecular weight is 240 g/mol. The van der Waals surface area contributed by atoms with Gasteiger partial charge in [-0.25, -0.2) is 4.98 Å². The van der Waals surface area contributed by atoms with Gasteiger partial charge >= 0.3 is 0 Å². The van der Waals surface area contributed by atoms with E-state index in [1.54, 1.807) is 11.3 Å². The van der Waals surface area contributed by atoms with Crippen molar-refractivity contribution in [1.29, 1.82) is 0 Å². The molecular weight excluding hydrogens is 228 g/mol. The zero-order valence-electron chi connectivity index (χ0n) is 9.50. The molecule has 0 aromatic carbocycles.